The van der Waals surface area contributed by atoms with Crippen LogP contribution in [0.5, 0.6) is 0 Å². The predicted molar refractivity (Wildman–Crippen MR) is 64.1 cm³/mol. The van der Waals surface area contributed by atoms with Crippen molar-refractivity contribution >= 4 is 10.9 Å². The quantitative estimate of drug-likeness (QED) is 0.669. The van der Waals surface area contributed by atoms with Gasteiger partial charge < -0.3 is 0 Å². The molecule has 1 N–H and O–H groups in total. The highest BCUT2D eigenvalue weighted by Crippen LogP contribution is 2.26. The van der Waals surface area contributed by atoms with Gasteiger partial charge in [0.15, 0.2) is 0 Å². The SMILES string of the molecule is Cc1ccccc1-c1nccc2cn[nH]c12. The van der Waals surface area contributed by atoms with Crippen LogP contribution < -0.4 is 0 Å². The zero-order valence-electron chi connectivity index (χ0n) is 8.94. The van der Waals surface area contributed by atoms with Crippen molar-refractivity contribution in [2.45, 2.75) is 6.92 Å². The van der Waals surface area contributed by atoms with Crippen LogP contribution >= 0.6 is 0 Å². The Hall–Kier alpha value is -2.16. The fourth-order valence-electron chi connectivity index (χ4n) is 1.91. The van der Waals surface area contributed by atoms with Gasteiger partial charge in [0.1, 0.15) is 0 Å². The summed E-state index contributed by atoms with van der Waals surface area (Å²) in [6.07, 6.45) is 3.64. The Labute approximate surface area is 93.2 Å². The first-order valence-electron chi connectivity index (χ1n) is 5.20. The zero-order chi connectivity index (χ0) is 11.0. The maximum Gasteiger partial charge on any atom is 0.0961 e. The highest BCUT2D eigenvalue weighted by atomic mass is 15.1. The predicted octanol–water partition coefficient (Wildman–Crippen LogP) is 2.93. The molecule has 0 spiro atoms. The molecule has 0 aliphatic rings. The van der Waals surface area contributed by atoms with Crippen LogP contribution in [-0.2, 0) is 0 Å². The van der Waals surface area contributed by atoms with Crippen molar-refractivity contribution in [3.63, 3.8) is 0 Å². The topological polar surface area (TPSA) is 41.6 Å². The molecule has 0 aliphatic carbocycles. The van der Waals surface area contributed by atoms with Crippen LogP contribution in [0, 0.1) is 6.92 Å². The smallest absolute Gasteiger partial charge is 0.0961 e. The van der Waals surface area contributed by atoms with Gasteiger partial charge in [-0.15, -0.1) is 0 Å². The second kappa shape index (κ2) is 3.45. The zero-order valence-corrected chi connectivity index (χ0v) is 8.94. The molecule has 0 unspecified atom stereocenters. The summed E-state index contributed by atoms with van der Waals surface area (Å²) in [4.78, 5) is 4.44. The molecular formula is C13H11N3. The Morgan fingerprint density at radius 3 is 2.88 bits per heavy atom. The van der Waals surface area contributed by atoms with Crippen LogP contribution in [0.15, 0.2) is 42.7 Å². The largest absolute Gasteiger partial charge is 0.276 e. The summed E-state index contributed by atoms with van der Waals surface area (Å²) < 4.78 is 0. The number of nitrogens with one attached hydrogen (secondary N) is 1. The van der Waals surface area contributed by atoms with E-state index in [-0.39, 0.29) is 0 Å². The van der Waals surface area contributed by atoms with Crippen LogP contribution in [0.25, 0.3) is 22.2 Å². The molecule has 0 saturated carbocycles. The molecule has 0 radical (unpaired) electrons. The Kier molecular flexibility index (Phi) is 1.96. The second-order valence-electron chi connectivity index (χ2n) is 3.81. The van der Waals surface area contributed by atoms with E-state index in [2.05, 4.69) is 34.2 Å². The highest BCUT2D eigenvalue weighted by molar-refractivity contribution is 5.91. The van der Waals surface area contributed by atoms with Crippen molar-refractivity contribution in [1.29, 1.82) is 0 Å². The van der Waals surface area contributed by atoms with Crippen molar-refractivity contribution < 1.29 is 0 Å². The van der Waals surface area contributed by atoms with Gasteiger partial charge in [0, 0.05) is 17.1 Å². The van der Waals surface area contributed by atoms with Crippen LogP contribution in [-0.4, -0.2) is 15.2 Å². The van der Waals surface area contributed by atoms with E-state index in [1.807, 2.05) is 30.6 Å². The molecule has 0 fully saturated rings. The van der Waals surface area contributed by atoms with Gasteiger partial charge in [0.25, 0.3) is 0 Å². The number of aromatic nitrogens is 3. The minimum Gasteiger partial charge on any atom is -0.276 e. The molecule has 78 valence electrons. The van der Waals surface area contributed by atoms with Crippen molar-refractivity contribution in [1.82, 2.24) is 15.2 Å². The molecule has 0 atom stereocenters. The van der Waals surface area contributed by atoms with E-state index < -0.39 is 0 Å². The van der Waals surface area contributed by atoms with E-state index in [1.54, 1.807) is 0 Å². The number of hydrogen-bond donors (Lipinski definition) is 1. The number of rotatable bonds is 1. The lowest BCUT2D eigenvalue weighted by atomic mass is 10.0. The average Bonchev–Trinajstić information content (AvgIpc) is 2.77. The maximum absolute atomic E-state index is 4.44. The first-order valence-corrected chi connectivity index (χ1v) is 5.20. The first-order chi connectivity index (χ1) is 7.86. The maximum atomic E-state index is 4.44. The van der Waals surface area contributed by atoms with Gasteiger partial charge in [0.2, 0.25) is 0 Å². The van der Waals surface area contributed by atoms with E-state index in [1.165, 1.54) is 5.56 Å². The number of aromatic amines is 1. The first kappa shape index (κ1) is 9.09. The van der Waals surface area contributed by atoms with E-state index in [0.717, 1.165) is 22.2 Å². The van der Waals surface area contributed by atoms with Gasteiger partial charge in [-0.2, -0.15) is 5.10 Å². The summed E-state index contributed by atoms with van der Waals surface area (Å²) >= 11 is 0. The summed E-state index contributed by atoms with van der Waals surface area (Å²) in [7, 11) is 0. The molecule has 1 aromatic carbocycles. The Balaban J connectivity index is 2.34. The third-order valence-corrected chi connectivity index (χ3v) is 2.76. The van der Waals surface area contributed by atoms with Crippen molar-refractivity contribution in [3.8, 4) is 11.3 Å². The third kappa shape index (κ3) is 1.29. The summed E-state index contributed by atoms with van der Waals surface area (Å²) in [6, 6.07) is 10.2. The fraction of sp³-hybridized carbons (Fsp3) is 0.0769. The van der Waals surface area contributed by atoms with Crippen molar-refractivity contribution in [2.24, 2.45) is 0 Å². The third-order valence-electron chi connectivity index (χ3n) is 2.76. The number of nitrogens with zero attached hydrogens (tertiary/aromatic N) is 2. The van der Waals surface area contributed by atoms with Gasteiger partial charge >= 0.3 is 0 Å². The summed E-state index contributed by atoms with van der Waals surface area (Å²) in [5, 5.41) is 8.14. The van der Waals surface area contributed by atoms with E-state index >= 15 is 0 Å². The molecule has 3 aromatic rings. The number of pyridine rings is 1. The van der Waals surface area contributed by atoms with Gasteiger partial charge in [-0.25, -0.2) is 0 Å². The monoisotopic (exact) mass is 209 g/mol. The molecule has 3 nitrogen and oxygen atoms in total. The normalized spacial score (nSPS) is 10.8. The lowest BCUT2D eigenvalue weighted by Gasteiger charge is -2.05. The molecule has 2 aromatic heterocycles. The van der Waals surface area contributed by atoms with Crippen molar-refractivity contribution in [3.05, 3.63) is 48.3 Å². The van der Waals surface area contributed by atoms with E-state index in [4.69, 9.17) is 0 Å². The van der Waals surface area contributed by atoms with Gasteiger partial charge in [0.05, 0.1) is 17.4 Å². The summed E-state index contributed by atoms with van der Waals surface area (Å²) in [5.74, 6) is 0. The summed E-state index contributed by atoms with van der Waals surface area (Å²) in [6.45, 7) is 2.09. The minimum absolute atomic E-state index is 0.966. The van der Waals surface area contributed by atoms with Gasteiger partial charge in [-0.3, -0.25) is 10.1 Å². The summed E-state index contributed by atoms with van der Waals surface area (Å²) in [5.41, 5.74) is 4.33. The van der Waals surface area contributed by atoms with Crippen LogP contribution in [0.4, 0.5) is 0 Å². The highest BCUT2D eigenvalue weighted by Gasteiger charge is 2.08. The van der Waals surface area contributed by atoms with Crippen LogP contribution in [0.1, 0.15) is 5.56 Å². The van der Waals surface area contributed by atoms with Crippen molar-refractivity contribution in [2.75, 3.05) is 0 Å². The molecular weight excluding hydrogens is 198 g/mol. The minimum atomic E-state index is 0.966. The second-order valence-corrected chi connectivity index (χ2v) is 3.81. The van der Waals surface area contributed by atoms with Gasteiger partial charge in [-0.05, 0) is 18.6 Å². The average molecular weight is 209 g/mol. The molecule has 2 heterocycles. The molecule has 0 amide bonds. The molecule has 16 heavy (non-hydrogen) atoms. The standard InChI is InChI=1S/C13H11N3/c1-9-4-2-3-5-11(9)13-12-10(6-7-14-13)8-15-16-12/h2-8H,1H3,(H,15,16). The number of H-pyrrole nitrogens is 1. The molecule has 3 rings (SSSR count). The van der Waals surface area contributed by atoms with E-state index in [0.29, 0.717) is 0 Å². The number of benzene rings is 1. The van der Waals surface area contributed by atoms with Crippen LogP contribution in [0.3, 0.4) is 0 Å². The fourth-order valence-corrected chi connectivity index (χ4v) is 1.91. The lowest BCUT2D eigenvalue weighted by Crippen LogP contribution is -1.88. The number of hydrogen-bond acceptors (Lipinski definition) is 2. The van der Waals surface area contributed by atoms with E-state index in [9.17, 15) is 0 Å². The number of fused-ring (bicyclic) bond motifs is 1. The Morgan fingerprint density at radius 1 is 1.12 bits per heavy atom. The Morgan fingerprint density at radius 2 is 2.00 bits per heavy atom. The molecule has 0 saturated heterocycles. The molecule has 0 aliphatic heterocycles. The Bertz CT molecular complexity index is 640. The molecule has 0 bridgehead atoms. The number of aryl methyl sites for hydroxylation is 1. The lowest BCUT2D eigenvalue weighted by molar-refractivity contribution is 1.11. The van der Waals surface area contributed by atoms with Crippen LogP contribution in [0.2, 0.25) is 0 Å². The molecule has 3 heteroatoms. The van der Waals surface area contributed by atoms with Gasteiger partial charge in [-0.1, -0.05) is 24.3 Å².